The highest BCUT2D eigenvalue weighted by molar-refractivity contribution is 9.11. The van der Waals surface area contributed by atoms with Gasteiger partial charge in [-0.3, -0.25) is 19.2 Å². The van der Waals surface area contributed by atoms with Gasteiger partial charge in [-0.15, -0.1) is 0 Å². The third-order valence-electron chi connectivity index (χ3n) is 8.87. The second-order valence-electron chi connectivity index (χ2n) is 12.0. The summed E-state index contributed by atoms with van der Waals surface area (Å²) < 4.78 is 13.3. The van der Waals surface area contributed by atoms with E-state index in [4.69, 9.17) is 9.47 Å². The minimum atomic E-state index is -1.35. The molecule has 0 radical (unpaired) electrons. The van der Waals surface area contributed by atoms with Gasteiger partial charge in [-0.2, -0.15) is 0 Å². The van der Waals surface area contributed by atoms with E-state index in [1.807, 2.05) is 56.3 Å². The van der Waals surface area contributed by atoms with Gasteiger partial charge in [0.15, 0.2) is 0 Å². The third kappa shape index (κ3) is 5.79. The van der Waals surface area contributed by atoms with Crippen LogP contribution < -0.4 is 5.32 Å². The van der Waals surface area contributed by atoms with Gasteiger partial charge in [0, 0.05) is 36.6 Å². The molecule has 232 valence electrons. The van der Waals surface area contributed by atoms with Gasteiger partial charge in [-0.1, -0.05) is 58.4 Å². The quantitative estimate of drug-likeness (QED) is 0.274. The number of carbonyl (C=O) groups is 4. The molecule has 43 heavy (non-hydrogen) atoms. The SMILES string of the molecule is CC(C)N1C/C=C\CCC(=O)N[C@@H](C)[C@H](c2ccccc2)OC(=O)[C@H]2[C@@H]3O[C@@]4(C=C3Br)[C@@H]2C(=O)N(CCCCO)[C@@H]4C1=O. The first-order chi connectivity index (χ1) is 20.6. The van der Waals surface area contributed by atoms with Crippen molar-refractivity contribution in [2.45, 2.75) is 82.4 Å². The molecule has 2 saturated heterocycles. The normalized spacial score (nSPS) is 33.9. The zero-order chi connectivity index (χ0) is 30.9. The molecule has 11 heteroatoms. The smallest absolute Gasteiger partial charge is 0.313 e. The molecule has 5 rings (SSSR count). The number of allylic oxidation sites excluding steroid dienone is 1. The summed E-state index contributed by atoms with van der Waals surface area (Å²) in [5.41, 5.74) is -0.646. The van der Waals surface area contributed by atoms with Gasteiger partial charge in [0.1, 0.15) is 29.8 Å². The molecule has 4 aliphatic rings. The number of cyclic esters (lactones) is 1. The van der Waals surface area contributed by atoms with Gasteiger partial charge in [0.25, 0.3) is 0 Å². The van der Waals surface area contributed by atoms with E-state index in [0.29, 0.717) is 35.9 Å². The Morgan fingerprint density at radius 3 is 2.51 bits per heavy atom. The highest BCUT2D eigenvalue weighted by Crippen LogP contribution is 2.59. The van der Waals surface area contributed by atoms with E-state index >= 15 is 0 Å². The molecule has 0 saturated carbocycles. The van der Waals surface area contributed by atoms with Gasteiger partial charge in [-0.05, 0) is 51.7 Å². The fourth-order valence-electron chi connectivity index (χ4n) is 6.84. The van der Waals surface area contributed by atoms with Crippen molar-refractivity contribution in [1.29, 1.82) is 0 Å². The number of hydrogen-bond donors (Lipinski definition) is 2. The molecule has 3 amide bonds. The van der Waals surface area contributed by atoms with Gasteiger partial charge >= 0.3 is 5.97 Å². The number of halogens is 1. The van der Waals surface area contributed by atoms with Gasteiger partial charge in [0.05, 0.1) is 12.0 Å². The Morgan fingerprint density at radius 1 is 1.07 bits per heavy atom. The molecule has 2 fully saturated rings. The molecule has 2 N–H and O–H groups in total. The first-order valence-electron chi connectivity index (χ1n) is 15.1. The molecule has 7 atom stereocenters. The fraction of sp³-hybridized carbons (Fsp3) is 0.562. The first-order valence-corrected chi connectivity index (χ1v) is 15.9. The number of rotatable bonds is 6. The van der Waals surface area contributed by atoms with Crippen molar-refractivity contribution in [3.8, 4) is 0 Å². The molecule has 4 heterocycles. The molecule has 0 unspecified atom stereocenters. The van der Waals surface area contributed by atoms with Crippen LogP contribution in [0.2, 0.25) is 0 Å². The Labute approximate surface area is 260 Å². The number of likely N-dealkylation sites (tertiary alicyclic amines) is 1. The lowest BCUT2D eigenvalue weighted by Crippen LogP contribution is -2.57. The number of nitrogens with one attached hydrogen (secondary N) is 1. The number of ether oxygens (including phenoxy) is 2. The van der Waals surface area contributed by atoms with Crippen molar-refractivity contribution in [2.24, 2.45) is 11.8 Å². The summed E-state index contributed by atoms with van der Waals surface area (Å²) in [4.78, 5) is 58.9. The van der Waals surface area contributed by atoms with Crippen molar-refractivity contribution >= 4 is 39.6 Å². The van der Waals surface area contributed by atoms with Crippen LogP contribution in [0, 0.1) is 11.8 Å². The minimum absolute atomic E-state index is 0.0350. The van der Waals surface area contributed by atoms with Crippen molar-refractivity contribution in [2.75, 3.05) is 19.7 Å². The summed E-state index contributed by atoms with van der Waals surface area (Å²) in [5.74, 6) is -3.38. The Kier molecular flexibility index (Phi) is 9.43. The summed E-state index contributed by atoms with van der Waals surface area (Å²) in [6, 6.07) is 7.46. The number of nitrogens with zero attached hydrogens (tertiary/aromatic N) is 2. The predicted molar refractivity (Wildman–Crippen MR) is 162 cm³/mol. The molecule has 0 aromatic heterocycles. The van der Waals surface area contributed by atoms with Crippen molar-refractivity contribution in [1.82, 2.24) is 15.1 Å². The van der Waals surface area contributed by atoms with Crippen molar-refractivity contribution in [3.63, 3.8) is 0 Å². The Bertz CT molecular complexity index is 1300. The molecule has 1 aromatic carbocycles. The van der Waals surface area contributed by atoms with Crippen molar-refractivity contribution < 1.29 is 33.8 Å². The van der Waals surface area contributed by atoms with Crippen molar-refractivity contribution in [3.05, 3.63) is 58.6 Å². The largest absolute Gasteiger partial charge is 0.455 e. The van der Waals surface area contributed by atoms with E-state index < -0.39 is 47.7 Å². The molecule has 1 aromatic rings. The average molecular weight is 659 g/mol. The lowest BCUT2D eigenvalue weighted by molar-refractivity contribution is -0.161. The number of amides is 3. The second-order valence-corrected chi connectivity index (χ2v) is 12.9. The van der Waals surface area contributed by atoms with Crippen LogP contribution in [0.4, 0.5) is 0 Å². The number of unbranched alkanes of at least 4 members (excludes halogenated alkanes) is 1. The maximum absolute atomic E-state index is 14.4. The van der Waals surface area contributed by atoms with Gasteiger partial charge < -0.3 is 29.7 Å². The number of aliphatic hydroxyl groups is 1. The second kappa shape index (κ2) is 12.9. The van der Waals surface area contributed by atoms with E-state index in [9.17, 15) is 24.3 Å². The Balaban J connectivity index is 1.59. The zero-order valence-corrected chi connectivity index (χ0v) is 26.4. The monoisotopic (exact) mass is 657 g/mol. The lowest BCUT2D eigenvalue weighted by Gasteiger charge is -2.37. The van der Waals surface area contributed by atoms with Gasteiger partial charge in [-0.25, -0.2) is 0 Å². The van der Waals surface area contributed by atoms with Crippen LogP contribution in [-0.2, 0) is 28.7 Å². The Morgan fingerprint density at radius 2 is 1.81 bits per heavy atom. The molecule has 1 spiro atoms. The lowest BCUT2D eigenvalue weighted by atomic mass is 9.74. The predicted octanol–water partition coefficient (Wildman–Crippen LogP) is 3.01. The number of hydrogen-bond acceptors (Lipinski definition) is 7. The summed E-state index contributed by atoms with van der Waals surface area (Å²) in [6.45, 7) is 6.11. The average Bonchev–Trinajstić information content (AvgIpc) is 3.56. The van der Waals surface area contributed by atoms with Crippen LogP contribution in [0.15, 0.2) is 53.0 Å². The van der Waals surface area contributed by atoms with Crippen LogP contribution in [-0.4, -0.2) is 88.1 Å². The molecule has 0 aliphatic carbocycles. The standard InChI is InChI=1S/C32H40BrN3O7/c1-19(2)35-15-9-5-8-14-23(38)34-20(3)26(21-12-6-4-7-13-21)42-31(41)24-25-29(39)36(16-10-11-17-37)28(30(35)40)32(25)18-22(33)27(24)43-32/h4-7,9,12-13,18-20,24-28,37H,8,10-11,14-17H2,1-3H3,(H,34,38)/b9-5-/t20-,24+,25-,26+,27+,28+,32-/m0/s1. The van der Waals surface area contributed by atoms with E-state index in [-0.39, 0.29) is 43.3 Å². The molecular weight excluding hydrogens is 618 g/mol. The number of fused-ring (bicyclic) bond motifs is 2. The summed E-state index contributed by atoms with van der Waals surface area (Å²) in [6.07, 6.45) is 5.61. The van der Waals surface area contributed by atoms with Crippen LogP contribution in [0.1, 0.15) is 58.1 Å². The van der Waals surface area contributed by atoms with E-state index in [0.717, 1.165) is 0 Å². The molecule has 10 nitrogen and oxygen atoms in total. The highest BCUT2D eigenvalue weighted by atomic mass is 79.9. The number of benzene rings is 1. The minimum Gasteiger partial charge on any atom is -0.455 e. The number of esters is 1. The van der Waals surface area contributed by atoms with E-state index in [2.05, 4.69) is 21.2 Å². The summed E-state index contributed by atoms with van der Waals surface area (Å²) in [7, 11) is 0. The van der Waals surface area contributed by atoms with E-state index in [1.54, 1.807) is 22.8 Å². The molecule has 5 bridgehead atoms. The maximum Gasteiger partial charge on any atom is 0.313 e. The van der Waals surface area contributed by atoms with Crippen LogP contribution in [0.3, 0.4) is 0 Å². The van der Waals surface area contributed by atoms with E-state index in [1.165, 1.54) is 0 Å². The topological polar surface area (TPSA) is 125 Å². The number of aliphatic hydroxyl groups excluding tert-OH is 1. The van der Waals surface area contributed by atoms with Crippen LogP contribution in [0.25, 0.3) is 0 Å². The first kappa shape index (κ1) is 31.4. The molecule has 4 aliphatic heterocycles. The van der Waals surface area contributed by atoms with Crippen LogP contribution in [0.5, 0.6) is 0 Å². The van der Waals surface area contributed by atoms with Gasteiger partial charge in [0.2, 0.25) is 17.7 Å². The Hall–Kier alpha value is -3.02. The maximum atomic E-state index is 14.4. The van der Waals surface area contributed by atoms with Crippen LogP contribution >= 0.6 is 15.9 Å². The zero-order valence-electron chi connectivity index (χ0n) is 24.8. The molecular formula is C32H40BrN3O7. The fourth-order valence-corrected chi connectivity index (χ4v) is 7.58. The highest BCUT2D eigenvalue weighted by Gasteiger charge is 2.75. The third-order valence-corrected chi connectivity index (χ3v) is 9.55. The summed E-state index contributed by atoms with van der Waals surface area (Å²) >= 11 is 3.58. The number of carbonyl (C=O) groups excluding carboxylic acids is 4. The summed E-state index contributed by atoms with van der Waals surface area (Å²) in [5, 5.41) is 12.4.